The Morgan fingerprint density at radius 1 is 0.900 bits per heavy atom. The highest BCUT2D eigenvalue weighted by atomic mass is 32.2. The zero-order valence-corrected chi connectivity index (χ0v) is 24.0. The summed E-state index contributed by atoms with van der Waals surface area (Å²) in [6.07, 6.45) is 0.862. The maximum Gasteiger partial charge on any atom is 0.328 e. The van der Waals surface area contributed by atoms with Crippen molar-refractivity contribution < 1.29 is 33.3 Å². The summed E-state index contributed by atoms with van der Waals surface area (Å²) in [5, 5.41) is 2.44. The smallest absolute Gasteiger partial charge is 0.328 e. The lowest BCUT2D eigenvalue weighted by molar-refractivity contribution is -0.154. The van der Waals surface area contributed by atoms with E-state index in [0.717, 1.165) is 10.5 Å². The maximum atomic E-state index is 13.1. The number of pyridine rings is 1. The summed E-state index contributed by atoms with van der Waals surface area (Å²) >= 11 is 1.59. The van der Waals surface area contributed by atoms with Crippen molar-refractivity contribution >= 4 is 29.6 Å². The lowest BCUT2D eigenvalue weighted by Crippen LogP contribution is -2.41. The molecule has 3 aromatic rings. The van der Waals surface area contributed by atoms with Crippen LogP contribution in [0, 0.1) is 5.92 Å². The van der Waals surface area contributed by atoms with Gasteiger partial charge in [-0.3, -0.25) is 9.59 Å². The number of rotatable bonds is 13. The highest BCUT2D eigenvalue weighted by molar-refractivity contribution is 7.99. The maximum absolute atomic E-state index is 13.1. The SMILES string of the molecule is COc1ccnc(C(=O)NC(C)C(=O)O[C@@H](C)[C@H](Sc2ccccc2)c2ccccc2)c1OCOC(=O)C(C)C. The van der Waals surface area contributed by atoms with E-state index in [1.54, 1.807) is 25.6 Å². The number of esters is 2. The van der Waals surface area contributed by atoms with E-state index < -0.39 is 36.8 Å². The van der Waals surface area contributed by atoms with Crippen LogP contribution < -0.4 is 14.8 Å². The second kappa shape index (κ2) is 14.9. The summed E-state index contributed by atoms with van der Waals surface area (Å²) in [5.74, 6) is -1.89. The van der Waals surface area contributed by atoms with Gasteiger partial charge in [0.05, 0.1) is 18.3 Å². The van der Waals surface area contributed by atoms with Gasteiger partial charge in [0, 0.05) is 17.2 Å². The summed E-state index contributed by atoms with van der Waals surface area (Å²) in [5.41, 5.74) is 0.878. The molecule has 0 bridgehead atoms. The average molecular weight is 567 g/mol. The van der Waals surface area contributed by atoms with Crippen LogP contribution in [0.15, 0.2) is 77.8 Å². The second-order valence-electron chi connectivity index (χ2n) is 9.17. The summed E-state index contributed by atoms with van der Waals surface area (Å²) in [7, 11) is 1.40. The predicted molar refractivity (Wildman–Crippen MR) is 151 cm³/mol. The fourth-order valence-electron chi connectivity index (χ4n) is 3.60. The van der Waals surface area contributed by atoms with Gasteiger partial charge in [-0.15, -0.1) is 11.8 Å². The number of carbonyl (C=O) groups is 3. The van der Waals surface area contributed by atoms with Crippen LogP contribution in [0.4, 0.5) is 0 Å². The Kier molecular flexibility index (Phi) is 11.4. The molecule has 1 heterocycles. The van der Waals surface area contributed by atoms with Gasteiger partial charge in [0.1, 0.15) is 12.1 Å². The standard InChI is InChI=1S/C30H34N2O7S/c1-19(2)29(34)38-18-37-26-24(36-5)16-17-31-25(26)28(33)32-20(3)30(35)39-21(4)27(22-12-8-6-9-13-22)40-23-14-10-7-11-15-23/h6-17,19-21,27H,18H2,1-5H3,(H,32,33)/t20?,21-,27-/m0/s1. The Morgan fingerprint density at radius 3 is 2.17 bits per heavy atom. The van der Waals surface area contributed by atoms with Gasteiger partial charge in [0.2, 0.25) is 6.79 Å². The van der Waals surface area contributed by atoms with Crippen LogP contribution in [-0.4, -0.2) is 48.9 Å². The molecule has 9 nitrogen and oxygen atoms in total. The molecule has 0 spiro atoms. The lowest BCUT2D eigenvalue weighted by Gasteiger charge is -2.25. The number of nitrogens with one attached hydrogen (secondary N) is 1. The van der Waals surface area contributed by atoms with E-state index in [4.69, 9.17) is 18.9 Å². The molecule has 0 aliphatic heterocycles. The molecule has 0 aliphatic rings. The number of nitrogens with zero attached hydrogens (tertiary/aromatic N) is 1. The molecule has 1 amide bonds. The molecule has 1 aromatic heterocycles. The molecule has 0 radical (unpaired) electrons. The molecule has 3 atom stereocenters. The Morgan fingerprint density at radius 2 is 1.55 bits per heavy atom. The Bertz CT molecular complexity index is 1270. The van der Waals surface area contributed by atoms with E-state index in [-0.39, 0.29) is 28.4 Å². The molecular formula is C30H34N2O7S. The first-order chi connectivity index (χ1) is 19.2. The summed E-state index contributed by atoms with van der Waals surface area (Å²) < 4.78 is 21.7. The Labute approximate surface area is 238 Å². The molecule has 0 saturated carbocycles. The molecule has 212 valence electrons. The molecule has 0 saturated heterocycles. The van der Waals surface area contributed by atoms with Crippen LogP contribution in [-0.2, 0) is 19.1 Å². The van der Waals surface area contributed by atoms with Crippen molar-refractivity contribution in [2.75, 3.05) is 13.9 Å². The number of carbonyl (C=O) groups excluding carboxylic acids is 3. The van der Waals surface area contributed by atoms with E-state index in [1.165, 1.54) is 26.3 Å². The van der Waals surface area contributed by atoms with Gasteiger partial charge in [0.15, 0.2) is 17.2 Å². The molecule has 0 aliphatic carbocycles. The van der Waals surface area contributed by atoms with E-state index in [0.29, 0.717) is 0 Å². The number of aromatic nitrogens is 1. The first-order valence-corrected chi connectivity index (χ1v) is 13.7. The molecular weight excluding hydrogens is 532 g/mol. The van der Waals surface area contributed by atoms with Crippen LogP contribution in [0.5, 0.6) is 11.5 Å². The third-order valence-corrected chi connectivity index (χ3v) is 7.20. The van der Waals surface area contributed by atoms with E-state index in [1.807, 2.05) is 67.6 Å². The monoisotopic (exact) mass is 566 g/mol. The number of thioether (sulfide) groups is 1. The highest BCUT2D eigenvalue weighted by Gasteiger charge is 2.28. The minimum absolute atomic E-state index is 0.0172. The molecule has 40 heavy (non-hydrogen) atoms. The van der Waals surface area contributed by atoms with Crippen LogP contribution in [0.25, 0.3) is 0 Å². The van der Waals surface area contributed by atoms with E-state index in [9.17, 15) is 14.4 Å². The van der Waals surface area contributed by atoms with Crippen molar-refractivity contribution in [3.63, 3.8) is 0 Å². The van der Waals surface area contributed by atoms with Gasteiger partial charge < -0.3 is 24.3 Å². The Balaban J connectivity index is 1.69. The van der Waals surface area contributed by atoms with Crippen LogP contribution in [0.3, 0.4) is 0 Å². The number of benzene rings is 2. The summed E-state index contributed by atoms with van der Waals surface area (Å²) in [6.45, 7) is 6.30. The normalized spacial score (nSPS) is 13.1. The fraction of sp³-hybridized carbons (Fsp3) is 0.333. The minimum Gasteiger partial charge on any atom is -0.493 e. The molecule has 1 N–H and O–H groups in total. The third-order valence-electron chi connectivity index (χ3n) is 5.74. The second-order valence-corrected chi connectivity index (χ2v) is 10.4. The van der Waals surface area contributed by atoms with Crippen molar-refractivity contribution in [2.24, 2.45) is 5.92 Å². The number of methoxy groups -OCH3 is 1. The van der Waals surface area contributed by atoms with Gasteiger partial charge in [-0.2, -0.15) is 0 Å². The molecule has 3 rings (SSSR count). The average Bonchev–Trinajstić information content (AvgIpc) is 2.96. The van der Waals surface area contributed by atoms with Crippen molar-refractivity contribution in [2.45, 2.75) is 50.0 Å². The topological polar surface area (TPSA) is 113 Å². The number of ether oxygens (including phenoxy) is 4. The number of hydrogen-bond acceptors (Lipinski definition) is 9. The number of amides is 1. The lowest BCUT2D eigenvalue weighted by atomic mass is 10.1. The quantitative estimate of drug-likeness (QED) is 0.169. The van der Waals surface area contributed by atoms with Gasteiger partial charge >= 0.3 is 11.9 Å². The number of hydrogen-bond donors (Lipinski definition) is 1. The van der Waals surface area contributed by atoms with Gasteiger partial charge in [0.25, 0.3) is 5.91 Å². The van der Waals surface area contributed by atoms with Crippen LogP contribution in [0.2, 0.25) is 0 Å². The molecule has 2 aromatic carbocycles. The predicted octanol–water partition coefficient (Wildman–Crippen LogP) is 5.21. The van der Waals surface area contributed by atoms with E-state index >= 15 is 0 Å². The van der Waals surface area contributed by atoms with Crippen molar-refractivity contribution in [1.82, 2.24) is 10.3 Å². The van der Waals surface area contributed by atoms with Crippen LogP contribution in [0.1, 0.15) is 49.0 Å². The zero-order valence-electron chi connectivity index (χ0n) is 23.2. The van der Waals surface area contributed by atoms with E-state index in [2.05, 4.69) is 10.3 Å². The Hall–Kier alpha value is -4.05. The van der Waals surface area contributed by atoms with Gasteiger partial charge in [-0.1, -0.05) is 62.4 Å². The van der Waals surface area contributed by atoms with Gasteiger partial charge in [-0.25, -0.2) is 9.78 Å². The van der Waals surface area contributed by atoms with Crippen LogP contribution >= 0.6 is 11.8 Å². The third kappa shape index (κ3) is 8.47. The highest BCUT2D eigenvalue weighted by Crippen LogP contribution is 2.39. The molecule has 10 heteroatoms. The molecule has 1 unspecified atom stereocenters. The molecule has 0 fully saturated rings. The summed E-state index contributed by atoms with van der Waals surface area (Å²) in [4.78, 5) is 43.1. The first-order valence-electron chi connectivity index (χ1n) is 12.8. The van der Waals surface area contributed by atoms with Crippen molar-refractivity contribution in [1.29, 1.82) is 0 Å². The van der Waals surface area contributed by atoms with Crippen molar-refractivity contribution in [3.05, 3.63) is 84.2 Å². The zero-order chi connectivity index (χ0) is 29.1. The minimum atomic E-state index is -0.993. The summed E-state index contributed by atoms with van der Waals surface area (Å²) in [6, 6.07) is 20.2. The first kappa shape index (κ1) is 30.5. The van der Waals surface area contributed by atoms with Crippen molar-refractivity contribution in [3.8, 4) is 11.5 Å². The van der Waals surface area contributed by atoms with Gasteiger partial charge in [-0.05, 0) is 31.5 Å². The fourth-order valence-corrected chi connectivity index (χ4v) is 4.75. The largest absolute Gasteiger partial charge is 0.493 e.